The number of fused-ring (bicyclic) bond motifs is 3. The molecule has 0 atom stereocenters. The van der Waals surface area contributed by atoms with Crippen LogP contribution in [0.2, 0.25) is 0 Å². The highest BCUT2D eigenvalue weighted by atomic mass is 32.1. The SMILES string of the molecule is CN(CCc1ccccn1)c1nc(CN2CCOCC2)nc2sc3c(c12)CCCC3. The Balaban J connectivity index is 1.47. The van der Waals surface area contributed by atoms with Crippen LogP contribution in [-0.2, 0) is 30.5 Å². The van der Waals surface area contributed by atoms with E-state index in [1.807, 2.05) is 23.6 Å². The number of hydrogen-bond donors (Lipinski definition) is 0. The Hall–Kier alpha value is -2.09. The van der Waals surface area contributed by atoms with Gasteiger partial charge in [0.25, 0.3) is 0 Å². The molecule has 1 aliphatic carbocycles. The van der Waals surface area contributed by atoms with Crippen LogP contribution in [0.25, 0.3) is 10.2 Å². The highest BCUT2D eigenvalue weighted by molar-refractivity contribution is 7.19. The summed E-state index contributed by atoms with van der Waals surface area (Å²) in [5.74, 6) is 2.03. The van der Waals surface area contributed by atoms with Crippen LogP contribution in [0.4, 0.5) is 5.82 Å². The van der Waals surface area contributed by atoms with Crippen molar-refractivity contribution in [2.45, 2.75) is 38.6 Å². The van der Waals surface area contributed by atoms with Crippen molar-refractivity contribution >= 4 is 27.4 Å². The van der Waals surface area contributed by atoms with Gasteiger partial charge in [-0.05, 0) is 43.4 Å². The second-order valence-corrected chi connectivity index (χ2v) is 9.32. The number of morpholine rings is 1. The van der Waals surface area contributed by atoms with Gasteiger partial charge in [0.15, 0.2) is 0 Å². The zero-order valence-corrected chi connectivity index (χ0v) is 18.5. The molecule has 0 aromatic carbocycles. The zero-order chi connectivity index (χ0) is 20.3. The molecule has 158 valence electrons. The second kappa shape index (κ2) is 8.96. The van der Waals surface area contributed by atoms with Gasteiger partial charge in [0, 0.05) is 49.9 Å². The normalized spacial score (nSPS) is 17.2. The van der Waals surface area contributed by atoms with Crippen LogP contribution in [0.5, 0.6) is 0 Å². The summed E-state index contributed by atoms with van der Waals surface area (Å²) in [6, 6.07) is 6.12. The van der Waals surface area contributed by atoms with Crippen molar-refractivity contribution < 1.29 is 4.74 Å². The van der Waals surface area contributed by atoms with Gasteiger partial charge in [-0.25, -0.2) is 9.97 Å². The summed E-state index contributed by atoms with van der Waals surface area (Å²) < 4.78 is 5.50. The second-order valence-electron chi connectivity index (χ2n) is 8.24. The zero-order valence-electron chi connectivity index (χ0n) is 17.6. The van der Waals surface area contributed by atoms with Gasteiger partial charge in [0.1, 0.15) is 16.5 Å². The first-order valence-electron chi connectivity index (χ1n) is 11.0. The van der Waals surface area contributed by atoms with Crippen LogP contribution in [0.15, 0.2) is 24.4 Å². The molecule has 1 fully saturated rings. The average Bonchev–Trinajstić information content (AvgIpc) is 3.17. The number of aryl methyl sites for hydroxylation is 2. The molecule has 3 aromatic heterocycles. The molecule has 0 N–H and O–H groups in total. The molecule has 0 spiro atoms. The number of ether oxygens (including phenoxy) is 1. The third kappa shape index (κ3) is 4.19. The Morgan fingerprint density at radius 2 is 2.00 bits per heavy atom. The molecule has 0 amide bonds. The Morgan fingerprint density at radius 1 is 1.13 bits per heavy atom. The predicted molar refractivity (Wildman–Crippen MR) is 121 cm³/mol. The predicted octanol–water partition coefficient (Wildman–Crippen LogP) is 3.48. The number of likely N-dealkylation sites (N-methyl/N-ethyl adjacent to an activating group) is 1. The van der Waals surface area contributed by atoms with Crippen molar-refractivity contribution in [1.29, 1.82) is 0 Å². The lowest BCUT2D eigenvalue weighted by Crippen LogP contribution is -2.36. The lowest BCUT2D eigenvalue weighted by atomic mass is 9.97. The third-order valence-electron chi connectivity index (χ3n) is 6.10. The molecule has 0 unspecified atom stereocenters. The molecule has 1 saturated heterocycles. The van der Waals surface area contributed by atoms with Gasteiger partial charge in [0.2, 0.25) is 0 Å². The largest absolute Gasteiger partial charge is 0.379 e. The Morgan fingerprint density at radius 3 is 2.83 bits per heavy atom. The number of rotatable bonds is 6. The number of aromatic nitrogens is 3. The monoisotopic (exact) mass is 423 g/mol. The topological polar surface area (TPSA) is 54.4 Å². The van der Waals surface area contributed by atoms with E-state index in [1.54, 1.807) is 0 Å². The number of pyridine rings is 1. The lowest BCUT2D eigenvalue weighted by Gasteiger charge is -2.26. The first kappa shape index (κ1) is 19.8. The quantitative estimate of drug-likeness (QED) is 0.605. The summed E-state index contributed by atoms with van der Waals surface area (Å²) in [5, 5.41) is 1.30. The molecular weight excluding hydrogens is 394 g/mol. The van der Waals surface area contributed by atoms with Gasteiger partial charge in [-0.1, -0.05) is 6.07 Å². The minimum absolute atomic E-state index is 0.795. The molecule has 4 heterocycles. The highest BCUT2D eigenvalue weighted by Crippen LogP contribution is 2.39. The van der Waals surface area contributed by atoms with Gasteiger partial charge < -0.3 is 9.64 Å². The molecule has 30 heavy (non-hydrogen) atoms. The molecule has 0 radical (unpaired) electrons. The number of anilines is 1. The van der Waals surface area contributed by atoms with Crippen molar-refractivity contribution in [3.8, 4) is 0 Å². The summed E-state index contributed by atoms with van der Waals surface area (Å²) in [5.41, 5.74) is 2.62. The minimum atomic E-state index is 0.795. The van der Waals surface area contributed by atoms with Gasteiger partial charge in [-0.15, -0.1) is 11.3 Å². The van der Waals surface area contributed by atoms with Gasteiger partial charge >= 0.3 is 0 Å². The maximum absolute atomic E-state index is 5.50. The molecule has 1 aliphatic heterocycles. The Bertz CT molecular complexity index is 1000. The molecule has 0 bridgehead atoms. The average molecular weight is 424 g/mol. The van der Waals surface area contributed by atoms with Crippen LogP contribution >= 0.6 is 11.3 Å². The van der Waals surface area contributed by atoms with Crippen molar-refractivity contribution in [2.24, 2.45) is 0 Å². The third-order valence-corrected chi connectivity index (χ3v) is 7.29. The molecule has 0 saturated carbocycles. The van der Waals surface area contributed by atoms with E-state index in [1.165, 1.54) is 39.9 Å². The smallest absolute Gasteiger partial charge is 0.146 e. The first-order valence-corrected chi connectivity index (χ1v) is 11.8. The minimum Gasteiger partial charge on any atom is -0.379 e. The van der Waals surface area contributed by atoms with E-state index in [9.17, 15) is 0 Å². The summed E-state index contributed by atoms with van der Waals surface area (Å²) >= 11 is 1.89. The van der Waals surface area contributed by atoms with Crippen molar-refractivity contribution in [3.63, 3.8) is 0 Å². The fourth-order valence-corrected chi connectivity index (χ4v) is 5.70. The van der Waals surface area contributed by atoms with Crippen LogP contribution in [0.1, 0.15) is 34.8 Å². The first-order chi connectivity index (χ1) is 14.8. The molecule has 2 aliphatic rings. The molecule has 3 aromatic rings. The summed E-state index contributed by atoms with van der Waals surface area (Å²) in [7, 11) is 2.16. The maximum Gasteiger partial charge on any atom is 0.146 e. The van der Waals surface area contributed by atoms with E-state index >= 15 is 0 Å². The highest BCUT2D eigenvalue weighted by Gasteiger charge is 2.23. The van der Waals surface area contributed by atoms with E-state index in [2.05, 4.69) is 34.0 Å². The lowest BCUT2D eigenvalue weighted by molar-refractivity contribution is 0.0331. The van der Waals surface area contributed by atoms with Crippen LogP contribution in [0, 0.1) is 0 Å². The van der Waals surface area contributed by atoms with Crippen LogP contribution in [-0.4, -0.2) is 59.7 Å². The van der Waals surface area contributed by atoms with Gasteiger partial charge in [-0.3, -0.25) is 9.88 Å². The number of hydrogen-bond acceptors (Lipinski definition) is 7. The van der Waals surface area contributed by atoms with Crippen molar-refractivity contribution in [2.75, 3.05) is 44.8 Å². The maximum atomic E-state index is 5.50. The standard InChI is InChI=1S/C23H29N5OS/c1-27(11-9-17-6-4-5-10-24-17)22-21-18-7-2-3-8-19(18)30-23(21)26-20(25-22)16-28-12-14-29-15-13-28/h4-6,10H,2-3,7-9,11-16H2,1H3. The van der Waals surface area contributed by atoms with E-state index in [0.29, 0.717) is 0 Å². The Kier molecular flexibility index (Phi) is 5.93. The van der Waals surface area contributed by atoms with Gasteiger partial charge in [0.05, 0.1) is 25.1 Å². The van der Waals surface area contributed by atoms with E-state index in [-0.39, 0.29) is 0 Å². The molecule has 7 heteroatoms. The fraction of sp³-hybridized carbons (Fsp3) is 0.522. The van der Waals surface area contributed by atoms with Crippen molar-refractivity contribution in [3.05, 3.63) is 46.4 Å². The molecule has 5 rings (SSSR count). The number of thiophene rings is 1. The molecular formula is C23H29N5OS. The molecule has 6 nitrogen and oxygen atoms in total. The summed E-state index contributed by atoms with van der Waals surface area (Å²) in [6.07, 6.45) is 7.68. The van der Waals surface area contributed by atoms with E-state index in [0.717, 1.165) is 69.6 Å². The van der Waals surface area contributed by atoms with Crippen LogP contribution in [0.3, 0.4) is 0 Å². The summed E-state index contributed by atoms with van der Waals surface area (Å²) in [4.78, 5) is 22.0. The fourth-order valence-electron chi connectivity index (χ4n) is 4.42. The van der Waals surface area contributed by atoms with Crippen LogP contribution < -0.4 is 4.90 Å². The van der Waals surface area contributed by atoms with Gasteiger partial charge in [-0.2, -0.15) is 0 Å². The summed E-state index contributed by atoms with van der Waals surface area (Å²) in [6.45, 7) is 5.19. The van der Waals surface area contributed by atoms with E-state index < -0.39 is 0 Å². The Labute approximate surface area is 181 Å². The van der Waals surface area contributed by atoms with Crippen molar-refractivity contribution in [1.82, 2.24) is 19.9 Å². The van der Waals surface area contributed by atoms with E-state index in [4.69, 9.17) is 14.7 Å². The number of nitrogens with zero attached hydrogens (tertiary/aromatic N) is 5.